The van der Waals surface area contributed by atoms with Crippen molar-refractivity contribution in [3.05, 3.63) is 52.1 Å². The first kappa shape index (κ1) is 28.2. The predicted molar refractivity (Wildman–Crippen MR) is 151 cm³/mol. The Hall–Kier alpha value is -3.35. The van der Waals surface area contributed by atoms with Gasteiger partial charge in [0.25, 0.3) is 0 Å². The summed E-state index contributed by atoms with van der Waals surface area (Å²) in [5, 5.41) is 25.9. The summed E-state index contributed by atoms with van der Waals surface area (Å²) in [6.07, 6.45) is 0. The quantitative estimate of drug-likeness (QED) is 0.312. The van der Waals surface area contributed by atoms with Crippen LogP contribution < -0.4 is 15.5 Å². The minimum Gasteiger partial charge on any atom is -0.478 e. The molecule has 200 valence electrons. The molecular formula is C24H32ClN7O4S. The maximum atomic E-state index is 11.8. The SMILES string of the molecule is CC[SH]1C(Nc2nc(NCc3ccc(C(=O)O)cc3)cc(N3CCN(C)CC3)n2)=NC(C)=C1C(=O)O.Cl. The zero-order valence-corrected chi connectivity index (χ0v) is 22.6. The minimum atomic E-state index is -1.11. The Bertz CT molecular complexity index is 1210. The number of hydrogen-bond acceptors (Lipinski definition) is 9. The van der Waals surface area contributed by atoms with Crippen LogP contribution in [-0.4, -0.2) is 81.2 Å². The van der Waals surface area contributed by atoms with E-state index in [0.717, 1.165) is 37.6 Å². The Kier molecular flexibility index (Phi) is 9.35. The lowest BCUT2D eigenvalue weighted by Gasteiger charge is -2.33. The highest BCUT2D eigenvalue weighted by Crippen LogP contribution is 2.44. The number of likely N-dealkylation sites (N-methyl/N-ethyl adjacent to an activating group) is 1. The molecule has 4 rings (SSSR count). The molecule has 1 aromatic carbocycles. The fraction of sp³-hybridized carbons (Fsp3) is 0.375. The van der Waals surface area contributed by atoms with E-state index in [0.29, 0.717) is 39.8 Å². The van der Waals surface area contributed by atoms with Gasteiger partial charge >= 0.3 is 11.9 Å². The lowest BCUT2D eigenvalue weighted by molar-refractivity contribution is -0.131. The number of thiol groups is 1. The van der Waals surface area contributed by atoms with Crippen LogP contribution in [0.3, 0.4) is 0 Å². The van der Waals surface area contributed by atoms with Gasteiger partial charge in [0.15, 0.2) is 5.17 Å². The number of halogens is 1. The van der Waals surface area contributed by atoms with Crippen molar-refractivity contribution in [3.63, 3.8) is 0 Å². The van der Waals surface area contributed by atoms with Crippen molar-refractivity contribution in [2.75, 3.05) is 54.5 Å². The number of hydrogen-bond donors (Lipinski definition) is 5. The summed E-state index contributed by atoms with van der Waals surface area (Å²) < 4.78 is 0. The molecule has 1 unspecified atom stereocenters. The molecule has 2 aromatic rings. The highest BCUT2D eigenvalue weighted by Gasteiger charge is 2.29. The van der Waals surface area contributed by atoms with E-state index in [1.54, 1.807) is 31.2 Å². The van der Waals surface area contributed by atoms with E-state index in [1.807, 2.05) is 13.0 Å². The van der Waals surface area contributed by atoms with Gasteiger partial charge in [-0.25, -0.2) is 14.6 Å². The molecule has 2 aliphatic rings. The van der Waals surface area contributed by atoms with Gasteiger partial charge in [-0.3, -0.25) is 0 Å². The van der Waals surface area contributed by atoms with Gasteiger partial charge in [-0.15, -0.1) is 12.4 Å². The monoisotopic (exact) mass is 549 g/mol. The Balaban J connectivity index is 0.00000380. The van der Waals surface area contributed by atoms with E-state index < -0.39 is 22.8 Å². The van der Waals surface area contributed by atoms with Crippen molar-refractivity contribution in [1.82, 2.24) is 14.9 Å². The van der Waals surface area contributed by atoms with Crippen LogP contribution in [0.4, 0.5) is 17.6 Å². The molecule has 37 heavy (non-hydrogen) atoms. The molecular weight excluding hydrogens is 518 g/mol. The number of rotatable bonds is 8. The molecule has 0 spiro atoms. The highest BCUT2D eigenvalue weighted by atomic mass is 35.5. The molecule has 0 bridgehead atoms. The van der Waals surface area contributed by atoms with Crippen LogP contribution in [0.25, 0.3) is 0 Å². The van der Waals surface area contributed by atoms with Crippen LogP contribution in [0.5, 0.6) is 0 Å². The van der Waals surface area contributed by atoms with Crippen molar-refractivity contribution in [2.24, 2.45) is 4.99 Å². The number of aromatic nitrogens is 2. The zero-order valence-electron chi connectivity index (χ0n) is 20.9. The number of aromatic carboxylic acids is 1. The largest absolute Gasteiger partial charge is 0.478 e. The van der Waals surface area contributed by atoms with Gasteiger partial charge in [0.2, 0.25) is 5.95 Å². The standard InChI is InChI=1S/C24H31N7O4S.ClH/c1-4-36-20(22(34)35)15(2)26-24(36)29-23-27-18(13-19(28-23)31-11-9-30(3)10-12-31)25-14-16-5-7-17(8-6-16)21(32)33;/h5-8,13,36H,4,9-12,14H2,1-3H3,(H,32,33)(H,34,35)(H2,25,26,27,28,29);1H. The first-order chi connectivity index (χ1) is 17.2. The Labute approximate surface area is 224 Å². The molecule has 2 aliphatic heterocycles. The first-order valence-corrected chi connectivity index (χ1v) is 13.2. The third kappa shape index (κ3) is 6.70. The van der Waals surface area contributed by atoms with Crippen LogP contribution in [-0.2, 0) is 11.3 Å². The number of aliphatic carboxylic acids is 1. The fourth-order valence-electron chi connectivity index (χ4n) is 4.08. The van der Waals surface area contributed by atoms with E-state index in [4.69, 9.17) is 10.1 Å². The lowest BCUT2D eigenvalue weighted by atomic mass is 10.1. The second kappa shape index (κ2) is 12.3. The number of carbonyl (C=O) groups is 2. The maximum Gasteiger partial charge on any atom is 0.342 e. The van der Waals surface area contributed by atoms with Gasteiger partial charge in [0, 0.05) is 38.8 Å². The summed E-state index contributed by atoms with van der Waals surface area (Å²) in [5.41, 5.74) is 1.66. The molecule has 0 saturated carbocycles. The zero-order chi connectivity index (χ0) is 25.8. The summed E-state index contributed by atoms with van der Waals surface area (Å²) in [4.78, 5) is 41.6. The number of benzene rings is 1. The number of nitrogens with zero attached hydrogens (tertiary/aromatic N) is 5. The molecule has 0 amide bonds. The molecule has 1 fully saturated rings. The van der Waals surface area contributed by atoms with E-state index in [1.165, 1.54) is 0 Å². The number of allylic oxidation sites excluding steroid dienone is 1. The molecule has 11 nitrogen and oxygen atoms in total. The van der Waals surface area contributed by atoms with Crippen molar-refractivity contribution in [1.29, 1.82) is 0 Å². The van der Waals surface area contributed by atoms with Gasteiger partial charge < -0.3 is 30.6 Å². The second-order valence-electron chi connectivity index (χ2n) is 8.62. The topological polar surface area (TPSA) is 143 Å². The summed E-state index contributed by atoms with van der Waals surface area (Å²) in [5.74, 6) is 0.475. The molecule has 0 aliphatic carbocycles. The number of aliphatic imine (C=N–C) groups is 1. The van der Waals surface area contributed by atoms with Gasteiger partial charge in [-0.05, 0) is 37.4 Å². The Morgan fingerprint density at radius 3 is 2.32 bits per heavy atom. The summed E-state index contributed by atoms with van der Waals surface area (Å²) in [6, 6.07) is 8.57. The summed E-state index contributed by atoms with van der Waals surface area (Å²) >= 11 is 0. The van der Waals surface area contributed by atoms with Crippen LogP contribution >= 0.6 is 23.3 Å². The van der Waals surface area contributed by atoms with Crippen molar-refractivity contribution < 1.29 is 19.8 Å². The molecule has 4 N–H and O–H groups in total. The minimum absolute atomic E-state index is 0. The van der Waals surface area contributed by atoms with Gasteiger partial charge in [0.1, 0.15) is 16.5 Å². The van der Waals surface area contributed by atoms with E-state index in [2.05, 4.69) is 37.5 Å². The van der Waals surface area contributed by atoms with Crippen molar-refractivity contribution >= 4 is 58.0 Å². The summed E-state index contributed by atoms with van der Waals surface area (Å²) in [6.45, 7) is 7.62. The third-order valence-electron chi connectivity index (χ3n) is 6.10. The third-order valence-corrected chi connectivity index (χ3v) is 8.51. The van der Waals surface area contributed by atoms with E-state index >= 15 is 0 Å². The van der Waals surface area contributed by atoms with Crippen LogP contribution in [0.15, 0.2) is 45.9 Å². The fourth-order valence-corrected chi connectivity index (χ4v) is 6.09. The second-order valence-corrected chi connectivity index (χ2v) is 11.0. The maximum absolute atomic E-state index is 11.8. The van der Waals surface area contributed by atoms with Gasteiger partial charge in [-0.1, -0.05) is 19.1 Å². The number of anilines is 3. The predicted octanol–water partition coefficient (Wildman–Crippen LogP) is 3.08. The molecule has 1 atom stereocenters. The number of nitrogens with one attached hydrogen (secondary N) is 2. The first-order valence-electron chi connectivity index (χ1n) is 11.7. The average molecular weight is 550 g/mol. The number of amidine groups is 1. The number of piperazine rings is 1. The van der Waals surface area contributed by atoms with Crippen molar-refractivity contribution in [3.8, 4) is 0 Å². The molecule has 0 radical (unpaired) electrons. The van der Waals surface area contributed by atoms with E-state index in [-0.39, 0.29) is 18.0 Å². The molecule has 1 aromatic heterocycles. The van der Waals surface area contributed by atoms with Crippen LogP contribution in [0, 0.1) is 0 Å². The number of carboxylic acid groups (broad SMARTS) is 2. The highest BCUT2D eigenvalue weighted by molar-refractivity contribution is 8.34. The van der Waals surface area contributed by atoms with Crippen molar-refractivity contribution in [2.45, 2.75) is 20.4 Å². The lowest BCUT2D eigenvalue weighted by Crippen LogP contribution is -2.44. The molecule has 3 heterocycles. The average Bonchev–Trinajstić information content (AvgIpc) is 3.18. The van der Waals surface area contributed by atoms with Gasteiger partial charge in [0.05, 0.1) is 11.3 Å². The smallest absolute Gasteiger partial charge is 0.342 e. The normalized spacial score (nSPS) is 18.7. The van der Waals surface area contributed by atoms with Crippen LogP contribution in [0.1, 0.15) is 29.8 Å². The molecule has 13 heteroatoms. The Morgan fingerprint density at radius 1 is 1.05 bits per heavy atom. The van der Waals surface area contributed by atoms with Crippen LogP contribution in [0.2, 0.25) is 0 Å². The van der Waals surface area contributed by atoms with Gasteiger partial charge in [-0.2, -0.15) is 20.9 Å². The number of carboxylic acids is 2. The Morgan fingerprint density at radius 2 is 1.73 bits per heavy atom. The van der Waals surface area contributed by atoms with E-state index in [9.17, 15) is 14.7 Å². The molecule has 1 saturated heterocycles. The summed E-state index contributed by atoms with van der Waals surface area (Å²) in [7, 11) is 0.977.